The molecule has 8 rings (SSSR count). The first-order valence-corrected chi connectivity index (χ1v) is 25.4. The van der Waals surface area contributed by atoms with Crippen LogP contribution in [0.3, 0.4) is 0 Å². The van der Waals surface area contributed by atoms with Gasteiger partial charge in [0.25, 0.3) is 11.7 Å². The van der Waals surface area contributed by atoms with Gasteiger partial charge in [-0.2, -0.15) is 0 Å². The fraction of sp³-hybridized carbons (Fsp3) is 0.527. The van der Waals surface area contributed by atoms with Gasteiger partial charge < -0.3 is 64.2 Å². The molecule has 75 heavy (non-hydrogen) atoms. The van der Waals surface area contributed by atoms with Crippen molar-refractivity contribution in [2.24, 2.45) is 29.1 Å². The number of nitrogens with one attached hydrogen (secondary N) is 2. The summed E-state index contributed by atoms with van der Waals surface area (Å²) in [5.74, 6) is -11.7. The summed E-state index contributed by atoms with van der Waals surface area (Å²) in [6.45, 7) is 15.6. The molecule has 0 saturated carbocycles. The van der Waals surface area contributed by atoms with Gasteiger partial charge in [-0.15, -0.1) is 0 Å². The van der Waals surface area contributed by atoms with Gasteiger partial charge in [-0.05, 0) is 65.3 Å². The van der Waals surface area contributed by atoms with Crippen LogP contribution in [0.2, 0.25) is 5.02 Å². The largest absolute Gasteiger partial charge is 0.507 e. The highest BCUT2D eigenvalue weighted by atomic mass is 35.5. The minimum absolute atomic E-state index is 0.00258. The number of Topliss-reactive ketones (excluding diaryl/α,β-unsaturated/α-hetero) is 2. The first-order chi connectivity index (χ1) is 35.2. The fourth-order valence-electron chi connectivity index (χ4n) is 9.98. The van der Waals surface area contributed by atoms with Crippen LogP contribution in [0.1, 0.15) is 117 Å². The number of aliphatic hydroxyl groups is 3. The highest BCUT2D eigenvalue weighted by Crippen LogP contribution is 2.48. The SMILES string of the molecule is C/C1=C/C=C/[C@H](C(C)OC(=O)C(C)(C)CC(=O)NCc2ccc(Cl)cc2)[C@H](O)[C@@H](C)[C@@H](O)[C@@H](C)[C@H](O)[C@H](C)[C@@H](O[C@H]2C[C@@H]3OCO[C@@H]3[C@@H](C)O2)/C=C/O[C@@]2(C)Oc3c(C)c(O)c4c(c3C2=O)C(=O)C=C(NC1=O)C4=O. The molecular weight excluding hydrogens is 996 g/mol. The number of aromatic hydroxyl groups is 1. The van der Waals surface area contributed by atoms with Crippen molar-refractivity contribution in [3.05, 3.63) is 105 Å². The summed E-state index contributed by atoms with van der Waals surface area (Å²) in [4.78, 5) is 82.9. The molecule has 406 valence electrons. The van der Waals surface area contributed by atoms with Crippen LogP contribution in [0, 0.1) is 36.0 Å². The zero-order valence-corrected chi connectivity index (χ0v) is 44.3. The Labute approximate surface area is 440 Å². The van der Waals surface area contributed by atoms with E-state index in [0.717, 1.165) is 17.9 Å². The van der Waals surface area contributed by atoms with Crippen molar-refractivity contribution in [3.8, 4) is 11.5 Å². The zero-order chi connectivity index (χ0) is 55.0. The molecule has 5 bridgehead atoms. The number of fused-ring (bicyclic) bond motifs is 15. The van der Waals surface area contributed by atoms with Gasteiger partial charge in [-0.3, -0.25) is 28.8 Å². The second-order valence-corrected chi connectivity index (χ2v) is 21.4. The number of phenolic OH excluding ortho intramolecular Hbond substituents is 1. The Kier molecular flexibility index (Phi) is 17.3. The molecule has 2 aromatic carbocycles. The van der Waals surface area contributed by atoms with Gasteiger partial charge in [0.1, 0.15) is 30.5 Å². The van der Waals surface area contributed by atoms with Crippen LogP contribution < -0.4 is 15.4 Å². The summed E-state index contributed by atoms with van der Waals surface area (Å²) in [5.41, 5.74) is -2.37. The van der Waals surface area contributed by atoms with Crippen molar-refractivity contribution in [1.29, 1.82) is 0 Å². The first-order valence-electron chi connectivity index (χ1n) is 25.0. The molecule has 6 N–H and O–H groups in total. The van der Waals surface area contributed by atoms with Gasteiger partial charge in [0.05, 0.1) is 70.7 Å². The van der Waals surface area contributed by atoms with Crippen molar-refractivity contribution >= 4 is 46.7 Å². The van der Waals surface area contributed by atoms with Crippen LogP contribution in [0.5, 0.6) is 11.5 Å². The number of rotatable bonds is 9. The topological polar surface area (TPSA) is 272 Å². The smallest absolute Gasteiger partial charge is 0.312 e. The molecule has 19 nitrogen and oxygen atoms in total. The van der Waals surface area contributed by atoms with E-state index in [1.54, 1.807) is 58.9 Å². The molecule has 5 heterocycles. The lowest BCUT2D eigenvalue weighted by molar-refractivity contribution is -0.245. The molecule has 0 spiro atoms. The van der Waals surface area contributed by atoms with E-state index in [9.17, 15) is 49.2 Å². The van der Waals surface area contributed by atoms with E-state index >= 15 is 0 Å². The van der Waals surface area contributed by atoms with Gasteiger partial charge >= 0.3 is 11.8 Å². The summed E-state index contributed by atoms with van der Waals surface area (Å²) in [6, 6.07) is 6.91. The third-order valence-corrected chi connectivity index (χ3v) is 15.2. The number of benzene rings is 2. The number of hydrogen-bond donors (Lipinski definition) is 6. The minimum atomic E-state index is -2.15. The van der Waals surface area contributed by atoms with Crippen molar-refractivity contribution in [1.82, 2.24) is 10.6 Å². The second-order valence-electron chi connectivity index (χ2n) is 21.0. The van der Waals surface area contributed by atoms with E-state index in [4.69, 9.17) is 44.8 Å². The third kappa shape index (κ3) is 12.0. The minimum Gasteiger partial charge on any atom is -0.507 e. The van der Waals surface area contributed by atoms with Gasteiger partial charge in [0.15, 0.2) is 12.1 Å². The quantitative estimate of drug-likeness (QED) is 0.167. The standard InChI is InChI=1S/C55H67ClN2O17/c1-25-12-11-13-34(30(6)73-53(68)54(8,9)22-39(60)57-23-32-14-16-33(56)17-15-32)46(63)28(4)45(62)27(3)44(61)26(2)37(74-40-21-38-50(31(7)72-40)70-24-69-38)18-19-71-55(10)51(66)43-41-36(59)20-35(58-52(25)67)48(65)42(41)47(64)29(5)49(43)75-55/h11-20,26-28,30-31,34,37-38,40,44-46,50,61-64H,21-24H2,1-10H3,(H,57,60)(H,58,67)/b13-11+,19-18+,25-12-/t26-,27+,28+,30?,31-,34-,37+,38+,40+,44-,45+,46-,50-,55+/m1/s1. The number of amides is 2. The summed E-state index contributed by atoms with van der Waals surface area (Å²) in [5, 5.41) is 53.5. The number of carbonyl (C=O) groups is 6. The Morgan fingerprint density at radius 3 is 2.29 bits per heavy atom. The maximum atomic E-state index is 14.3. The molecule has 1 unspecified atom stereocenters. The molecule has 20 heteroatoms. The summed E-state index contributed by atoms with van der Waals surface area (Å²) >= 11 is 5.99. The molecule has 6 aliphatic rings. The zero-order valence-electron chi connectivity index (χ0n) is 43.6. The number of allylic oxidation sites excluding steroid dienone is 4. The van der Waals surface area contributed by atoms with Crippen LogP contribution in [0.25, 0.3) is 0 Å². The summed E-state index contributed by atoms with van der Waals surface area (Å²) < 4.78 is 42.2. The molecular formula is C55H67ClN2O17. The van der Waals surface area contributed by atoms with E-state index in [-0.39, 0.29) is 60.8 Å². The van der Waals surface area contributed by atoms with Gasteiger partial charge in [0.2, 0.25) is 11.7 Å². The van der Waals surface area contributed by atoms with Crippen molar-refractivity contribution in [2.45, 2.75) is 150 Å². The average molecular weight is 1060 g/mol. The van der Waals surface area contributed by atoms with E-state index in [2.05, 4.69) is 10.6 Å². The average Bonchev–Trinajstić information content (AvgIpc) is 3.96. The normalized spacial score (nSPS) is 33.4. The van der Waals surface area contributed by atoms with Crippen LogP contribution in [0.15, 0.2) is 72.2 Å². The van der Waals surface area contributed by atoms with E-state index in [1.807, 2.05) is 6.92 Å². The van der Waals surface area contributed by atoms with Crippen LogP contribution in [0.4, 0.5) is 0 Å². The number of phenols is 1. The molecule has 2 amide bonds. The molecule has 0 radical (unpaired) electrons. The van der Waals surface area contributed by atoms with E-state index in [0.29, 0.717) is 5.02 Å². The molecule has 1 aliphatic carbocycles. The molecule has 0 aromatic heterocycles. The number of ether oxygens (including phenoxy) is 7. The number of aliphatic hydroxyl groups excluding tert-OH is 3. The maximum Gasteiger partial charge on any atom is 0.312 e. The van der Waals surface area contributed by atoms with Crippen LogP contribution in [-0.4, -0.2) is 123 Å². The van der Waals surface area contributed by atoms with E-state index < -0.39 is 135 Å². The monoisotopic (exact) mass is 1060 g/mol. The number of hydrogen-bond acceptors (Lipinski definition) is 17. The summed E-state index contributed by atoms with van der Waals surface area (Å²) in [7, 11) is 0. The van der Waals surface area contributed by atoms with Crippen molar-refractivity contribution < 1.29 is 82.4 Å². The molecule has 2 fully saturated rings. The highest BCUT2D eigenvalue weighted by Gasteiger charge is 2.52. The molecule has 2 saturated heterocycles. The Hall–Kier alpha value is -5.77. The van der Waals surface area contributed by atoms with Gasteiger partial charge in [-0.1, -0.05) is 62.7 Å². The Balaban J connectivity index is 1.21. The van der Waals surface area contributed by atoms with Gasteiger partial charge in [-0.25, -0.2) is 0 Å². The molecule has 2 aromatic rings. The lowest BCUT2D eigenvalue weighted by Gasteiger charge is -2.40. The third-order valence-electron chi connectivity index (χ3n) is 14.9. The van der Waals surface area contributed by atoms with Crippen LogP contribution in [-0.2, 0) is 49.3 Å². The first kappa shape index (κ1) is 56.9. The number of ketones is 3. The number of carbonyl (C=O) groups excluding carboxylic acids is 6. The number of halogens is 1. The summed E-state index contributed by atoms with van der Waals surface area (Å²) in [6.07, 6.45) is -0.869. The van der Waals surface area contributed by atoms with Crippen molar-refractivity contribution in [3.63, 3.8) is 0 Å². The molecule has 14 atom stereocenters. The van der Waals surface area contributed by atoms with Crippen LogP contribution >= 0.6 is 11.6 Å². The Bertz CT molecular complexity index is 2700. The fourth-order valence-corrected chi connectivity index (χ4v) is 10.1. The number of esters is 1. The van der Waals surface area contributed by atoms with E-state index in [1.165, 1.54) is 52.0 Å². The van der Waals surface area contributed by atoms with Gasteiger partial charge in [0, 0.05) is 72.2 Å². The lowest BCUT2D eigenvalue weighted by Crippen LogP contribution is -2.49. The predicted molar refractivity (Wildman–Crippen MR) is 269 cm³/mol. The predicted octanol–water partition coefficient (Wildman–Crippen LogP) is 5.60. The molecule has 5 aliphatic heterocycles. The Morgan fingerprint density at radius 1 is 0.933 bits per heavy atom. The highest BCUT2D eigenvalue weighted by molar-refractivity contribution is 6.31. The van der Waals surface area contributed by atoms with Crippen molar-refractivity contribution in [2.75, 3.05) is 6.79 Å². The second kappa shape index (κ2) is 22.8. The maximum absolute atomic E-state index is 14.3. The lowest BCUT2D eigenvalue weighted by atomic mass is 9.77. The Morgan fingerprint density at radius 2 is 1.60 bits per heavy atom.